The van der Waals surface area contributed by atoms with Crippen molar-refractivity contribution >= 4 is 34.3 Å². The summed E-state index contributed by atoms with van der Waals surface area (Å²) < 4.78 is 11.3. The molecule has 6 aromatic rings. The first-order valence-electron chi connectivity index (χ1n) is 17.9. The molecule has 2 saturated heterocycles. The van der Waals surface area contributed by atoms with Gasteiger partial charge in [0.2, 0.25) is 0 Å². The van der Waals surface area contributed by atoms with E-state index >= 15 is 0 Å². The minimum atomic E-state index is -0.341. The minimum Gasteiger partial charge on any atom is -0.445 e. The third-order valence-corrected chi connectivity index (χ3v) is 9.83. The fourth-order valence-corrected chi connectivity index (χ4v) is 7.01. The molecule has 0 radical (unpaired) electrons. The van der Waals surface area contributed by atoms with E-state index in [9.17, 15) is 9.59 Å². The van der Waals surface area contributed by atoms with Gasteiger partial charge in [-0.3, -0.25) is 9.80 Å². The highest BCUT2D eigenvalue weighted by atomic mass is 16.6. The van der Waals surface area contributed by atoms with Crippen LogP contribution in [0.3, 0.4) is 0 Å². The average Bonchev–Trinajstić information content (AvgIpc) is 3.83. The van der Waals surface area contributed by atoms with Crippen LogP contribution in [-0.4, -0.2) is 81.2 Å². The van der Waals surface area contributed by atoms with E-state index in [0.29, 0.717) is 39.3 Å². The predicted octanol–water partition coefficient (Wildman–Crippen LogP) is 5.79. The van der Waals surface area contributed by atoms with Crippen molar-refractivity contribution in [3.8, 4) is 0 Å². The smallest absolute Gasteiger partial charge is 0.410 e. The molecule has 4 heterocycles. The Morgan fingerprint density at radius 2 is 1.04 bits per heavy atom. The monoisotopic (exact) mass is 698 g/mol. The molecule has 52 heavy (non-hydrogen) atoms. The van der Waals surface area contributed by atoms with Crippen LogP contribution >= 0.6 is 0 Å². The Bertz CT molecular complexity index is 2000. The van der Waals surface area contributed by atoms with Crippen molar-refractivity contribution in [3.05, 3.63) is 131 Å². The topological polar surface area (TPSA) is 140 Å². The molecule has 0 bridgehead atoms. The lowest BCUT2D eigenvalue weighted by Crippen LogP contribution is -2.49. The second-order valence-electron chi connectivity index (χ2n) is 13.4. The molecule has 2 amide bonds. The van der Waals surface area contributed by atoms with Gasteiger partial charge in [-0.2, -0.15) is 0 Å². The summed E-state index contributed by atoms with van der Waals surface area (Å²) in [6.45, 7) is 4.14. The summed E-state index contributed by atoms with van der Waals surface area (Å²) in [4.78, 5) is 46.5. The highest BCUT2D eigenvalue weighted by molar-refractivity contribution is 5.77. The van der Waals surface area contributed by atoms with E-state index in [-0.39, 0.29) is 37.5 Å². The highest BCUT2D eigenvalue weighted by Crippen LogP contribution is 2.27. The van der Waals surface area contributed by atoms with Gasteiger partial charge >= 0.3 is 12.2 Å². The quantitative estimate of drug-likeness (QED) is 0.149. The summed E-state index contributed by atoms with van der Waals surface area (Å²) in [5.74, 6) is 1.49. The van der Waals surface area contributed by atoms with Crippen molar-refractivity contribution in [2.75, 3.05) is 39.3 Å². The molecule has 8 rings (SSSR count). The Morgan fingerprint density at radius 3 is 1.48 bits per heavy atom. The average molecular weight is 699 g/mol. The van der Waals surface area contributed by atoms with Gasteiger partial charge in [0, 0.05) is 39.3 Å². The molecule has 0 aliphatic carbocycles. The number of amides is 2. The highest BCUT2D eigenvalue weighted by Gasteiger charge is 2.32. The van der Waals surface area contributed by atoms with Crippen molar-refractivity contribution in [1.82, 2.24) is 40.4 Å². The molecule has 266 valence electrons. The van der Waals surface area contributed by atoms with Gasteiger partial charge in [0.25, 0.3) is 0 Å². The Morgan fingerprint density at radius 1 is 0.596 bits per heavy atom. The number of H-pyrrole nitrogens is 2. The molecular formula is C40H42N8O4. The molecule has 0 saturated carbocycles. The third-order valence-electron chi connectivity index (χ3n) is 9.83. The standard InChI is InChI=1S/C40H42N8O4/c49-39(51-25-29-7-3-1-4-8-29)47-19-17-41-23-35(47)37-43-31-15-13-27(21-33(31)45-37)11-12-28-14-16-32-34(22-28)46-38(44-32)36-24-42-18-20-48(36)40(50)52-26-30-9-5-2-6-10-30/h1-10,13-16,21-22,35-36,41-42H,11-12,17-20,23-26H2,(H,43,45)(H,44,46)/t35-,36-/m0/s1. The minimum absolute atomic E-state index is 0.233. The van der Waals surface area contributed by atoms with Crippen molar-refractivity contribution in [1.29, 1.82) is 0 Å². The molecule has 2 atom stereocenters. The number of aryl methyl sites for hydroxylation is 2. The molecule has 12 heteroatoms. The Labute approximate surface area is 301 Å². The number of hydrogen-bond acceptors (Lipinski definition) is 8. The largest absolute Gasteiger partial charge is 0.445 e. The zero-order valence-electron chi connectivity index (χ0n) is 28.9. The van der Waals surface area contributed by atoms with Gasteiger partial charge < -0.3 is 30.1 Å². The van der Waals surface area contributed by atoms with Gasteiger partial charge in [0.15, 0.2) is 0 Å². The van der Waals surface area contributed by atoms with Crippen LogP contribution in [0.25, 0.3) is 22.1 Å². The summed E-state index contributed by atoms with van der Waals surface area (Å²) in [6.07, 6.45) is 1.000. The summed E-state index contributed by atoms with van der Waals surface area (Å²) in [6, 6.07) is 31.5. The first kappa shape index (κ1) is 33.4. The summed E-state index contributed by atoms with van der Waals surface area (Å²) in [7, 11) is 0. The molecule has 0 unspecified atom stereocenters. The van der Waals surface area contributed by atoms with E-state index in [1.165, 1.54) is 11.1 Å². The Hall–Kier alpha value is -5.72. The van der Waals surface area contributed by atoms with Crippen molar-refractivity contribution in [3.63, 3.8) is 0 Å². The summed E-state index contributed by atoms with van der Waals surface area (Å²) in [5, 5.41) is 6.79. The number of fused-ring (bicyclic) bond motifs is 2. The maximum absolute atomic E-state index is 13.1. The van der Waals surface area contributed by atoms with E-state index in [0.717, 1.165) is 57.7 Å². The SMILES string of the molecule is O=C(OCc1ccccc1)N1CCNC[C@H]1c1nc2ccc(CCc3ccc4nc([C@@H]5CNCCN5C(=O)OCc5ccccc5)[nH]c4c3)cc2[nH]1. The molecule has 12 nitrogen and oxygen atoms in total. The van der Waals surface area contributed by atoms with E-state index in [2.05, 4.69) is 44.9 Å². The van der Waals surface area contributed by atoms with Crippen LogP contribution in [0.4, 0.5) is 9.59 Å². The lowest BCUT2D eigenvalue weighted by Gasteiger charge is -2.34. The van der Waals surface area contributed by atoms with Crippen LogP contribution < -0.4 is 10.6 Å². The van der Waals surface area contributed by atoms with E-state index in [1.807, 2.05) is 72.8 Å². The van der Waals surface area contributed by atoms with Crippen molar-refractivity contribution in [2.45, 2.75) is 38.1 Å². The number of aromatic amines is 2. The number of rotatable bonds is 9. The van der Waals surface area contributed by atoms with Gasteiger partial charge in [0.05, 0.1) is 22.1 Å². The van der Waals surface area contributed by atoms with Crippen LogP contribution in [0.15, 0.2) is 97.1 Å². The molecule has 0 spiro atoms. The number of ether oxygens (including phenoxy) is 2. The molecule has 2 aromatic heterocycles. The number of benzene rings is 4. The van der Waals surface area contributed by atoms with Crippen LogP contribution in [0, 0.1) is 0 Å². The van der Waals surface area contributed by atoms with Gasteiger partial charge in [-0.05, 0) is 59.4 Å². The first-order valence-corrected chi connectivity index (χ1v) is 17.9. The van der Waals surface area contributed by atoms with Crippen LogP contribution in [0.1, 0.15) is 46.0 Å². The number of nitrogens with zero attached hydrogens (tertiary/aromatic N) is 4. The van der Waals surface area contributed by atoms with Crippen LogP contribution in [0.2, 0.25) is 0 Å². The molecule has 4 aromatic carbocycles. The molecular weight excluding hydrogens is 656 g/mol. The molecule has 4 N–H and O–H groups in total. The lowest BCUT2D eigenvalue weighted by atomic mass is 10.0. The zero-order chi connectivity index (χ0) is 35.3. The zero-order valence-corrected chi connectivity index (χ0v) is 28.9. The number of carbonyl (C=O) groups is 2. The normalized spacial score (nSPS) is 17.8. The molecule has 2 aliphatic rings. The third kappa shape index (κ3) is 7.48. The van der Waals surface area contributed by atoms with Crippen LogP contribution in [0.5, 0.6) is 0 Å². The fourth-order valence-electron chi connectivity index (χ4n) is 7.01. The van der Waals surface area contributed by atoms with Gasteiger partial charge in [-0.25, -0.2) is 19.6 Å². The first-order chi connectivity index (χ1) is 25.6. The lowest BCUT2D eigenvalue weighted by molar-refractivity contribution is 0.0698. The van der Waals surface area contributed by atoms with E-state index < -0.39 is 0 Å². The molecule has 2 aliphatic heterocycles. The maximum Gasteiger partial charge on any atom is 0.410 e. The second kappa shape index (κ2) is 15.3. The number of imidazole rings is 2. The predicted molar refractivity (Wildman–Crippen MR) is 197 cm³/mol. The second-order valence-corrected chi connectivity index (χ2v) is 13.4. The number of hydrogen-bond donors (Lipinski definition) is 4. The van der Waals surface area contributed by atoms with Crippen molar-refractivity contribution in [2.24, 2.45) is 0 Å². The molecule has 2 fully saturated rings. The summed E-state index contributed by atoms with van der Waals surface area (Å²) in [5.41, 5.74) is 7.89. The van der Waals surface area contributed by atoms with Gasteiger partial charge in [-0.15, -0.1) is 0 Å². The number of carbonyl (C=O) groups excluding carboxylic acids is 2. The maximum atomic E-state index is 13.1. The number of piperazine rings is 2. The van der Waals surface area contributed by atoms with E-state index in [1.54, 1.807) is 9.80 Å². The van der Waals surface area contributed by atoms with Crippen LogP contribution in [-0.2, 0) is 35.5 Å². The van der Waals surface area contributed by atoms with Gasteiger partial charge in [-0.1, -0.05) is 72.8 Å². The fraction of sp³-hybridized carbons (Fsp3) is 0.300. The number of aromatic nitrogens is 4. The Balaban J connectivity index is 0.913. The number of nitrogens with one attached hydrogen (secondary N) is 4. The Kier molecular flexibility index (Phi) is 9.81. The van der Waals surface area contributed by atoms with Gasteiger partial charge in [0.1, 0.15) is 36.9 Å². The van der Waals surface area contributed by atoms with E-state index in [4.69, 9.17) is 19.4 Å². The van der Waals surface area contributed by atoms with Crippen molar-refractivity contribution < 1.29 is 19.1 Å². The summed E-state index contributed by atoms with van der Waals surface area (Å²) >= 11 is 0.